The number of hydrogen-bond acceptors (Lipinski definition) is 7. The summed E-state index contributed by atoms with van der Waals surface area (Å²) in [5, 5.41) is 3.57. The van der Waals surface area contributed by atoms with E-state index in [0.29, 0.717) is 10.6 Å². The molecule has 2 heterocycles. The van der Waals surface area contributed by atoms with Gasteiger partial charge in [0.15, 0.2) is 10.7 Å². The molecule has 0 radical (unpaired) electrons. The zero-order valence-corrected chi connectivity index (χ0v) is 13.0. The maximum absolute atomic E-state index is 12.2. The van der Waals surface area contributed by atoms with Gasteiger partial charge in [-0.2, -0.15) is 4.37 Å². The lowest BCUT2D eigenvalue weighted by atomic mass is 10.2. The van der Waals surface area contributed by atoms with Gasteiger partial charge in [0.1, 0.15) is 5.69 Å². The fourth-order valence-electron chi connectivity index (χ4n) is 1.89. The number of rotatable bonds is 3. The van der Waals surface area contributed by atoms with E-state index in [1.54, 1.807) is 13.8 Å². The van der Waals surface area contributed by atoms with Crippen LogP contribution in [0.1, 0.15) is 32.4 Å². The number of carbonyl (C=O) groups excluding carboxylic acids is 1. The van der Waals surface area contributed by atoms with Crippen molar-refractivity contribution in [2.24, 2.45) is 0 Å². The molecule has 7 nitrogen and oxygen atoms in total. The van der Waals surface area contributed by atoms with Crippen LogP contribution >= 0.6 is 11.5 Å². The molecule has 0 aromatic carbocycles. The summed E-state index contributed by atoms with van der Waals surface area (Å²) in [5.74, 6) is -0.562. The number of aromatic nitrogens is 2. The molecule has 0 bridgehead atoms. The zero-order valence-electron chi connectivity index (χ0n) is 11.3. The third-order valence-corrected chi connectivity index (χ3v) is 5.14. The van der Waals surface area contributed by atoms with Gasteiger partial charge >= 0.3 is 0 Å². The van der Waals surface area contributed by atoms with Crippen molar-refractivity contribution < 1.29 is 17.7 Å². The van der Waals surface area contributed by atoms with Gasteiger partial charge in [-0.3, -0.25) is 4.79 Å². The molecule has 2 rings (SSSR count). The Kier molecular flexibility index (Phi) is 3.65. The first-order valence-corrected chi connectivity index (χ1v) is 7.92. The standard InChI is InChI=1S/C11H13N3O4S2/c1-5-9(8(4)19-13-5)11(15)14-20(16,17)10-6(2)12-18-7(10)3/h1-4H3,(H,14,15). The number of amides is 1. The second-order valence-corrected chi connectivity index (χ2v) is 6.88. The first-order valence-electron chi connectivity index (χ1n) is 5.67. The van der Waals surface area contributed by atoms with E-state index in [-0.39, 0.29) is 21.9 Å². The van der Waals surface area contributed by atoms with Crippen molar-refractivity contribution in [3.05, 3.63) is 27.6 Å². The van der Waals surface area contributed by atoms with Gasteiger partial charge in [-0.15, -0.1) is 0 Å². The molecule has 0 aliphatic rings. The van der Waals surface area contributed by atoms with Gasteiger partial charge in [0.2, 0.25) is 0 Å². The van der Waals surface area contributed by atoms with Gasteiger partial charge in [0.25, 0.3) is 15.9 Å². The number of nitrogens with one attached hydrogen (secondary N) is 1. The molecule has 20 heavy (non-hydrogen) atoms. The van der Waals surface area contributed by atoms with Crippen molar-refractivity contribution in [1.29, 1.82) is 0 Å². The van der Waals surface area contributed by atoms with Crippen LogP contribution in [-0.4, -0.2) is 23.9 Å². The van der Waals surface area contributed by atoms with Crippen molar-refractivity contribution in [2.45, 2.75) is 32.6 Å². The third-order valence-electron chi connectivity index (χ3n) is 2.72. The minimum atomic E-state index is -4.02. The molecule has 0 aliphatic heterocycles. The summed E-state index contributed by atoms with van der Waals surface area (Å²) in [6.45, 7) is 6.34. The number of carbonyl (C=O) groups is 1. The van der Waals surface area contributed by atoms with E-state index in [2.05, 4.69) is 9.53 Å². The second-order valence-electron chi connectivity index (χ2n) is 4.29. The van der Waals surface area contributed by atoms with Crippen LogP contribution in [-0.2, 0) is 10.0 Å². The number of aryl methyl sites for hydroxylation is 4. The smallest absolute Gasteiger partial charge is 0.269 e. The summed E-state index contributed by atoms with van der Waals surface area (Å²) >= 11 is 1.15. The first kappa shape index (κ1) is 14.7. The van der Waals surface area contributed by atoms with E-state index in [4.69, 9.17) is 4.52 Å². The van der Waals surface area contributed by atoms with E-state index < -0.39 is 15.9 Å². The van der Waals surface area contributed by atoms with E-state index in [9.17, 15) is 13.2 Å². The minimum Gasteiger partial charge on any atom is -0.360 e. The van der Waals surface area contributed by atoms with Crippen LogP contribution in [0.5, 0.6) is 0 Å². The number of hydrogen-bond donors (Lipinski definition) is 1. The molecule has 2 aromatic heterocycles. The van der Waals surface area contributed by atoms with Gasteiger partial charge in [-0.25, -0.2) is 13.1 Å². The van der Waals surface area contributed by atoms with Gasteiger partial charge < -0.3 is 4.52 Å². The van der Waals surface area contributed by atoms with Crippen molar-refractivity contribution in [3.8, 4) is 0 Å². The Bertz CT molecular complexity index is 735. The third kappa shape index (κ3) is 2.46. The summed E-state index contributed by atoms with van der Waals surface area (Å²) in [5.41, 5.74) is 0.990. The number of nitrogens with zero attached hydrogens (tertiary/aromatic N) is 2. The molecule has 2 aromatic rings. The van der Waals surface area contributed by atoms with Gasteiger partial charge in [-0.05, 0) is 39.2 Å². The summed E-state index contributed by atoms with van der Waals surface area (Å²) in [7, 11) is -4.02. The molecule has 0 spiro atoms. The second kappa shape index (κ2) is 4.98. The lowest BCUT2D eigenvalue weighted by molar-refractivity contribution is 0.0980. The van der Waals surface area contributed by atoms with Crippen LogP contribution in [0.15, 0.2) is 9.42 Å². The van der Waals surface area contributed by atoms with Crippen LogP contribution in [0, 0.1) is 27.7 Å². The van der Waals surface area contributed by atoms with Crippen LogP contribution in [0.25, 0.3) is 0 Å². The fourth-order valence-corrected chi connectivity index (χ4v) is 3.88. The van der Waals surface area contributed by atoms with Crippen LogP contribution in [0.4, 0.5) is 0 Å². The average molecular weight is 315 g/mol. The highest BCUT2D eigenvalue weighted by Crippen LogP contribution is 2.21. The summed E-state index contributed by atoms with van der Waals surface area (Å²) in [4.78, 5) is 12.7. The van der Waals surface area contributed by atoms with Crippen LogP contribution in [0.2, 0.25) is 0 Å². The molecular weight excluding hydrogens is 302 g/mol. The number of sulfonamides is 1. The first-order chi connectivity index (χ1) is 9.24. The van der Waals surface area contributed by atoms with Crippen molar-refractivity contribution >= 4 is 27.5 Å². The highest BCUT2D eigenvalue weighted by Gasteiger charge is 2.28. The maximum Gasteiger partial charge on any atom is 0.269 e. The molecule has 1 N–H and O–H groups in total. The lowest BCUT2D eigenvalue weighted by Gasteiger charge is -2.06. The molecule has 9 heteroatoms. The zero-order chi connectivity index (χ0) is 15.1. The highest BCUT2D eigenvalue weighted by molar-refractivity contribution is 7.90. The average Bonchev–Trinajstić information content (AvgIpc) is 2.82. The quantitative estimate of drug-likeness (QED) is 0.920. The van der Waals surface area contributed by atoms with Gasteiger partial charge in [0.05, 0.1) is 11.3 Å². The van der Waals surface area contributed by atoms with E-state index in [1.807, 2.05) is 4.72 Å². The molecule has 0 saturated heterocycles. The Morgan fingerprint density at radius 2 is 1.85 bits per heavy atom. The molecule has 0 aliphatic carbocycles. The summed E-state index contributed by atoms with van der Waals surface area (Å²) < 4.78 is 35.3. The van der Waals surface area contributed by atoms with Crippen LogP contribution < -0.4 is 4.72 Å². The molecule has 0 fully saturated rings. The summed E-state index contributed by atoms with van der Waals surface area (Å²) in [6, 6.07) is 0. The highest BCUT2D eigenvalue weighted by atomic mass is 32.2. The molecule has 0 unspecified atom stereocenters. The Morgan fingerprint density at radius 1 is 1.20 bits per heavy atom. The Hall–Kier alpha value is -1.74. The van der Waals surface area contributed by atoms with Crippen molar-refractivity contribution in [1.82, 2.24) is 14.3 Å². The predicted molar refractivity (Wildman–Crippen MR) is 72.2 cm³/mol. The van der Waals surface area contributed by atoms with Gasteiger partial charge in [0, 0.05) is 4.88 Å². The molecule has 108 valence electrons. The van der Waals surface area contributed by atoms with E-state index in [0.717, 1.165) is 11.5 Å². The Morgan fingerprint density at radius 3 is 2.30 bits per heavy atom. The van der Waals surface area contributed by atoms with E-state index in [1.165, 1.54) is 13.8 Å². The SMILES string of the molecule is Cc1nsc(C)c1C(=O)NS(=O)(=O)c1c(C)noc1C. The Labute approximate surface area is 120 Å². The lowest BCUT2D eigenvalue weighted by Crippen LogP contribution is -2.31. The maximum atomic E-state index is 12.2. The topological polar surface area (TPSA) is 102 Å². The van der Waals surface area contributed by atoms with Crippen molar-refractivity contribution in [3.63, 3.8) is 0 Å². The minimum absolute atomic E-state index is 0.107. The van der Waals surface area contributed by atoms with E-state index >= 15 is 0 Å². The van der Waals surface area contributed by atoms with Gasteiger partial charge in [-0.1, -0.05) is 5.16 Å². The summed E-state index contributed by atoms with van der Waals surface area (Å²) in [6.07, 6.45) is 0. The normalized spacial score (nSPS) is 11.6. The largest absolute Gasteiger partial charge is 0.360 e. The van der Waals surface area contributed by atoms with Crippen molar-refractivity contribution in [2.75, 3.05) is 0 Å². The van der Waals surface area contributed by atoms with Crippen LogP contribution in [0.3, 0.4) is 0 Å². The monoisotopic (exact) mass is 315 g/mol. The Balaban J connectivity index is 2.37. The molecule has 1 amide bonds. The fraction of sp³-hybridized carbons (Fsp3) is 0.364. The molecule has 0 saturated carbocycles. The molecule has 0 atom stereocenters. The predicted octanol–water partition coefficient (Wildman–Crippen LogP) is 1.48. The molecular formula is C11H13N3O4S2.